The van der Waals surface area contributed by atoms with E-state index < -0.39 is 23.5 Å². The van der Waals surface area contributed by atoms with Gasteiger partial charge in [0, 0.05) is 31.2 Å². The van der Waals surface area contributed by atoms with Crippen molar-refractivity contribution in [2.24, 2.45) is 5.92 Å². The Morgan fingerprint density at radius 2 is 1.96 bits per heavy atom. The standard InChI is InChI=1S/C17H19F2NO4/c18-10-1-2-12(15(19)7-10)13-8-14(13)17(23)20(9-16(21)22)11-3-5-24-6-4-11/h1-2,7,11,13-14H,3-6,8-9H2,(H,21,22)/t13-,14+/m1/s1. The number of aliphatic carboxylic acids is 1. The van der Waals surface area contributed by atoms with Crippen molar-refractivity contribution in [1.82, 2.24) is 4.90 Å². The lowest BCUT2D eigenvalue weighted by Crippen LogP contribution is -2.46. The number of carboxylic acids is 1. The van der Waals surface area contributed by atoms with E-state index in [1.807, 2.05) is 0 Å². The number of amides is 1. The van der Waals surface area contributed by atoms with Crippen molar-refractivity contribution < 1.29 is 28.2 Å². The molecule has 1 aliphatic heterocycles. The van der Waals surface area contributed by atoms with Crippen LogP contribution in [0.1, 0.15) is 30.7 Å². The zero-order valence-electron chi connectivity index (χ0n) is 13.1. The predicted molar refractivity (Wildman–Crippen MR) is 80.4 cm³/mol. The van der Waals surface area contributed by atoms with Crippen LogP contribution >= 0.6 is 0 Å². The number of rotatable bonds is 5. The maximum absolute atomic E-state index is 13.9. The summed E-state index contributed by atoms with van der Waals surface area (Å²) in [6.07, 6.45) is 1.66. The van der Waals surface area contributed by atoms with Crippen molar-refractivity contribution in [3.05, 3.63) is 35.4 Å². The smallest absolute Gasteiger partial charge is 0.323 e. The molecular formula is C17H19F2NO4. The number of carboxylic acid groups (broad SMARTS) is 1. The van der Waals surface area contributed by atoms with Gasteiger partial charge in [-0.15, -0.1) is 0 Å². The van der Waals surface area contributed by atoms with Gasteiger partial charge >= 0.3 is 5.97 Å². The molecule has 3 rings (SSSR count). The van der Waals surface area contributed by atoms with Gasteiger partial charge in [-0.3, -0.25) is 9.59 Å². The number of ether oxygens (including phenoxy) is 1. The van der Waals surface area contributed by atoms with Crippen LogP contribution < -0.4 is 0 Å². The minimum absolute atomic E-state index is 0.165. The maximum atomic E-state index is 13.9. The first-order chi connectivity index (χ1) is 11.5. The van der Waals surface area contributed by atoms with Gasteiger partial charge in [-0.05, 0) is 36.8 Å². The highest BCUT2D eigenvalue weighted by atomic mass is 19.1. The number of benzene rings is 1. The first-order valence-corrected chi connectivity index (χ1v) is 8.02. The second-order valence-electron chi connectivity index (χ2n) is 6.32. The minimum Gasteiger partial charge on any atom is -0.480 e. The van der Waals surface area contributed by atoms with Crippen LogP contribution in [0.25, 0.3) is 0 Å². The molecule has 2 aliphatic rings. The predicted octanol–water partition coefficient (Wildman–Crippen LogP) is 2.16. The molecule has 1 amide bonds. The SMILES string of the molecule is O=C(O)CN(C(=O)[C@H]1C[C@@H]1c1ccc(F)cc1F)C1CCOCC1. The normalized spacial score (nSPS) is 23.8. The fourth-order valence-corrected chi connectivity index (χ4v) is 3.36. The molecule has 1 heterocycles. The average molecular weight is 339 g/mol. The van der Waals surface area contributed by atoms with Gasteiger partial charge in [0.25, 0.3) is 0 Å². The molecule has 1 saturated heterocycles. The van der Waals surface area contributed by atoms with E-state index in [1.54, 1.807) is 0 Å². The Balaban J connectivity index is 1.72. The molecule has 0 radical (unpaired) electrons. The van der Waals surface area contributed by atoms with Crippen LogP contribution in [0.15, 0.2) is 18.2 Å². The Morgan fingerprint density at radius 3 is 2.58 bits per heavy atom. The van der Waals surface area contributed by atoms with Crippen LogP contribution in [0.2, 0.25) is 0 Å². The van der Waals surface area contributed by atoms with Gasteiger partial charge in [-0.25, -0.2) is 8.78 Å². The van der Waals surface area contributed by atoms with Crippen LogP contribution in [-0.2, 0) is 14.3 Å². The fraction of sp³-hybridized carbons (Fsp3) is 0.529. The van der Waals surface area contributed by atoms with Gasteiger partial charge < -0.3 is 14.7 Å². The lowest BCUT2D eigenvalue weighted by Gasteiger charge is -2.33. The lowest BCUT2D eigenvalue weighted by molar-refractivity contribution is -0.148. The van der Waals surface area contributed by atoms with E-state index in [2.05, 4.69) is 0 Å². The summed E-state index contributed by atoms with van der Waals surface area (Å²) in [7, 11) is 0. The van der Waals surface area contributed by atoms with Crippen molar-refractivity contribution in [3.8, 4) is 0 Å². The highest BCUT2D eigenvalue weighted by Gasteiger charge is 2.48. The van der Waals surface area contributed by atoms with Gasteiger partial charge in [-0.2, -0.15) is 0 Å². The Hall–Kier alpha value is -2.02. The van der Waals surface area contributed by atoms with Gasteiger partial charge in [0.15, 0.2) is 0 Å². The minimum atomic E-state index is -1.07. The third-order valence-electron chi connectivity index (χ3n) is 4.69. The molecule has 130 valence electrons. The molecule has 24 heavy (non-hydrogen) atoms. The summed E-state index contributed by atoms with van der Waals surface area (Å²) in [6, 6.07) is 3.18. The van der Waals surface area contributed by atoms with Crippen LogP contribution in [-0.4, -0.2) is 47.7 Å². The third kappa shape index (κ3) is 3.56. The van der Waals surface area contributed by atoms with Gasteiger partial charge in [-0.1, -0.05) is 6.07 Å². The van der Waals surface area contributed by atoms with E-state index in [4.69, 9.17) is 9.84 Å². The number of halogens is 2. The molecule has 1 aromatic carbocycles. The zero-order chi connectivity index (χ0) is 17.3. The van der Waals surface area contributed by atoms with E-state index in [-0.39, 0.29) is 24.4 Å². The van der Waals surface area contributed by atoms with Crippen LogP contribution in [0.5, 0.6) is 0 Å². The first-order valence-electron chi connectivity index (χ1n) is 8.02. The molecule has 0 bridgehead atoms. The molecule has 0 spiro atoms. The number of carbonyl (C=O) groups excluding carboxylic acids is 1. The Kier molecular flexibility index (Phi) is 4.80. The molecule has 7 heteroatoms. The molecule has 5 nitrogen and oxygen atoms in total. The fourth-order valence-electron chi connectivity index (χ4n) is 3.36. The van der Waals surface area contributed by atoms with E-state index in [9.17, 15) is 18.4 Å². The van der Waals surface area contributed by atoms with Crippen molar-refractivity contribution in [3.63, 3.8) is 0 Å². The second-order valence-corrected chi connectivity index (χ2v) is 6.32. The lowest BCUT2D eigenvalue weighted by atomic mass is 10.0. The Labute approximate surface area is 138 Å². The number of carbonyl (C=O) groups is 2. The molecule has 1 N–H and O–H groups in total. The molecule has 1 aromatic rings. The van der Waals surface area contributed by atoms with E-state index >= 15 is 0 Å². The van der Waals surface area contributed by atoms with E-state index in [0.29, 0.717) is 38.0 Å². The molecule has 1 saturated carbocycles. The summed E-state index contributed by atoms with van der Waals surface area (Å²) in [5.41, 5.74) is 0.317. The zero-order valence-corrected chi connectivity index (χ0v) is 13.1. The Morgan fingerprint density at radius 1 is 1.25 bits per heavy atom. The van der Waals surface area contributed by atoms with Gasteiger partial charge in [0.2, 0.25) is 5.91 Å². The third-order valence-corrected chi connectivity index (χ3v) is 4.69. The highest BCUT2D eigenvalue weighted by molar-refractivity contribution is 5.86. The summed E-state index contributed by atoms with van der Waals surface area (Å²) >= 11 is 0. The summed E-state index contributed by atoms with van der Waals surface area (Å²) in [6.45, 7) is 0.627. The Bertz CT molecular complexity index is 645. The summed E-state index contributed by atoms with van der Waals surface area (Å²) in [5.74, 6) is -3.40. The number of hydrogen-bond donors (Lipinski definition) is 1. The summed E-state index contributed by atoms with van der Waals surface area (Å²) in [4.78, 5) is 25.2. The molecule has 1 aliphatic carbocycles. The van der Waals surface area contributed by atoms with E-state index in [0.717, 1.165) is 6.07 Å². The van der Waals surface area contributed by atoms with Crippen molar-refractivity contribution in [2.45, 2.75) is 31.2 Å². The largest absolute Gasteiger partial charge is 0.480 e. The van der Waals surface area contributed by atoms with E-state index in [1.165, 1.54) is 17.0 Å². The molecule has 2 fully saturated rings. The quantitative estimate of drug-likeness (QED) is 0.893. The van der Waals surface area contributed by atoms with Crippen LogP contribution in [0.3, 0.4) is 0 Å². The highest BCUT2D eigenvalue weighted by Crippen LogP contribution is 2.49. The van der Waals surface area contributed by atoms with Crippen LogP contribution in [0.4, 0.5) is 8.78 Å². The second kappa shape index (κ2) is 6.84. The topological polar surface area (TPSA) is 66.8 Å². The monoisotopic (exact) mass is 339 g/mol. The maximum Gasteiger partial charge on any atom is 0.323 e. The summed E-state index contributed by atoms with van der Waals surface area (Å²) in [5, 5.41) is 9.10. The van der Waals surface area contributed by atoms with Gasteiger partial charge in [0.1, 0.15) is 18.2 Å². The number of hydrogen-bond acceptors (Lipinski definition) is 3. The number of nitrogens with zero attached hydrogens (tertiary/aromatic N) is 1. The average Bonchev–Trinajstić information content (AvgIpc) is 3.33. The molecule has 0 unspecified atom stereocenters. The summed E-state index contributed by atoms with van der Waals surface area (Å²) < 4.78 is 32.1. The first kappa shape index (κ1) is 16.8. The van der Waals surface area contributed by atoms with Crippen molar-refractivity contribution in [1.29, 1.82) is 0 Å². The molecule has 2 atom stereocenters. The van der Waals surface area contributed by atoms with Crippen molar-refractivity contribution in [2.75, 3.05) is 19.8 Å². The van der Waals surface area contributed by atoms with Crippen molar-refractivity contribution >= 4 is 11.9 Å². The van der Waals surface area contributed by atoms with Crippen LogP contribution in [0, 0.1) is 17.6 Å². The molecule has 0 aromatic heterocycles. The van der Waals surface area contributed by atoms with Gasteiger partial charge in [0.05, 0.1) is 0 Å². The molecular weight excluding hydrogens is 320 g/mol.